The first-order chi connectivity index (χ1) is 31.3. The van der Waals surface area contributed by atoms with Gasteiger partial charge >= 0.3 is 0 Å². The Morgan fingerprint density at radius 2 is 0.683 bits per heavy atom. The van der Waals surface area contributed by atoms with E-state index in [0.717, 1.165) is 76.7 Å². The summed E-state index contributed by atoms with van der Waals surface area (Å²) in [4.78, 5) is 16.6. The predicted molar refractivity (Wildman–Crippen MR) is 259 cm³/mol. The van der Waals surface area contributed by atoms with Crippen LogP contribution in [0.25, 0.3) is 127 Å². The molecule has 14 aromatic rings. The highest BCUT2D eigenvalue weighted by Crippen LogP contribution is 2.43. The maximum Gasteiger partial charge on any atom is 0.240 e. The summed E-state index contributed by atoms with van der Waals surface area (Å²) in [5.41, 5.74) is 13.2. The molecule has 0 spiro atoms. The van der Waals surface area contributed by atoms with Crippen molar-refractivity contribution in [2.45, 2.75) is 0 Å². The van der Waals surface area contributed by atoms with Crippen molar-refractivity contribution in [3.8, 4) is 45.5 Å². The molecule has 14 rings (SSSR count). The molecule has 5 heterocycles. The van der Waals surface area contributed by atoms with Gasteiger partial charge in [0.15, 0.2) is 5.82 Å². The lowest BCUT2D eigenvalue weighted by atomic mass is 10.0. The van der Waals surface area contributed by atoms with E-state index in [-0.39, 0.29) is 0 Å². The quantitative estimate of drug-likeness (QED) is 0.174. The average molecular weight is 803 g/mol. The van der Waals surface area contributed by atoms with Gasteiger partial charge in [-0.15, -0.1) is 0 Å². The van der Waals surface area contributed by atoms with Crippen molar-refractivity contribution in [2.75, 3.05) is 0 Å². The van der Waals surface area contributed by atoms with Gasteiger partial charge in [0.05, 0.1) is 38.6 Å². The third kappa shape index (κ3) is 4.86. The maximum atomic E-state index is 5.53. The lowest BCUT2D eigenvalue weighted by Gasteiger charge is -2.13. The van der Waals surface area contributed by atoms with E-state index in [4.69, 9.17) is 15.0 Å². The molecular weight excluding hydrogens is 769 g/mol. The smallest absolute Gasteiger partial charge is 0.240 e. The van der Waals surface area contributed by atoms with Gasteiger partial charge in [0, 0.05) is 48.7 Å². The summed E-state index contributed by atoms with van der Waals surface area (Å²) < 4.78 is 6.86. The van der Waals surface area contributed by atoms with Crippen molar-refractivity contribution in [1.29, 1.82) is 0 Å². The number of nitrogens with zero attached hydrogens (tertiary/aromatic N) is 6. The minimum Gasteiger partial charge on any atom is -0.307 e. The van der Waals surface area contributed by atoms with Crippen molar-refractivity contribution in [3.05, 3.63) is 206 Å². The zero-order valence-electron chi connectivity index (χ0n) is 33.8. The molecule has 5 aromatic heterocycles. The first-order valence-corrected chi connectivity index (χ1v) is 21.4. The lowest BCUT2D eigenvalue weighted by Crippen LogP contribution is -2.10. The topological polar surface area (TPSA) is 52.9 Å². The molecule has 6 heteroatoms. The molecule has 0 aliphatic rings. The van der Waals surface area contributed by atoms with Crippen LogP contribution in [0.4, 0.5) is 0 Å². The molecule has 6 nitrogen and oxygen atoms in total. The van der Waals surface area contributed by atoms with Gasteiger partial charge < -0.3 is 4.40 Å². The van der Waals surface area contributed by atoms with Crippen molar-refractivity contribution >= 4 is 81.7 Å². The predicted octanol–water partition coefficient (Wildman–Crippen LogP) is 14.2. The van der Waals surface area contributed by atoms with E-state index in [0.29, 0.717) is 17.7 Å². The maximum absolute atomic E-state index is 5.53. The van der Waals surface area contributed by atoms with Gasteiger partial charge in [0.2, 0.25) is 11.9 Å². The second-order valence-electron chi connectivity index (χ2n) is 16.4. The van der Waals surface area contributed by atoms with Crippen LogP contribution in [0.1, 0.15) is 0 Å². The van der Waals surface area contributed by atoms with E-state index in [1.54, 1.807) is 0 Å². The molecule has 0 saturated heterocycles. The van der Waals surface area contributed by atoms with Crippen LogP contribution < -0.4 is 0 Å². The minimum absolute atomic E-state index is 0.552. The molecule has 0 saturated carbocycles. The lowest BCUT2D eigenvalue weighted by molar-refractivity contribution is 0.893. The van der Waals surface area contributed by atoms with Gasteiger partial charge in [-0.3, -0.25) is 9.13 Å². The van der Waals surface area contributed by atoms with Crippen molar-refractivity contribution < 1.29 is 0 Å². The fourth-order valence-corrected chi connectivity index (χ4v) is 10.3. The van der Waals surface area contributed by atoms with Crippen molar-refractivity contribution in [1.82, 2.24) is 28.5 Å². The van der Waals surface area contributed by atoms with Gasteiger partial charge in [-0.1, -0.05) is 158 Å². The third-order valence-electron chi connectivity index (χ3n) is 13.1. The van der Waals surface area contributed by atoms with Crippen molar-refractivity contribution in [2.24, 2.45) is 0 Å². The Hall–Kier alpha value is -8.61. The number of hydrogen-bond donors (Lipinski definition) is 0. The average Bonchev–Trinajstić information content (AvgIpc) is 4.09. The summed E-state index contributed by atoms with van der Waals surface area (Å²) in [5.74, 6) is 1.71. The van der Waals surface area contributed by atoms with E-state index in [2.05, 4.69) is 220 Å². The number of benzene rings is 9. The van der Waals surface area contributed by atoms with Crippen LogP contribution in [0, 0.1) is 0 Å². The van der Waals surface area contributed by atoms with E-state index in [9.17, 15) is 0 Å². The van der Waals surface area contributed by atoms with Crippen LogP contribution in [-0.2, 0) is 0 Å². The van der Waals surface area contributed by atoms with Gasteiger partial charge in [-0.2, -0.15) is 15.0 Å². The zero-order chi connectivity index (χ0) is 41.2. The van der Waals surface area contributed by atoms with Gasteiger partial charge in [-0.05, 0) is 70.8 Å². The van der Waals surface area contributed by atoms with Crippen LogP contribution in [0.3, 0.4) is 0 Å². The zero-order valence-corrected chi connectivity index (χ0v) is 33.8. The summed E-state index contributed by atoms with van der Waals surface area (Å²) in [6.45, 7) is 0. The Morgan fingerprint density at radius 1 is 0.270 bits per heavy atom. The highest BCUT2D eigenvalue weighted by molar-refractivity contribution is 6.25. The molecule has 0 atom stereocenters. The summed E-state index contributed by atoms with van der Waals surface area (Å²) in [7, 11) is 0. The van der Waals surface area contributed by atoms with Crippen LogP contribution in [0.2, 0.25) is 0 Å². The second-order valence-corrected chi connectivity index (χ2v) is 16.4. The highest BCUT2D eigenvalue weighted by Gasteiger charge is 2.24. The Labute approximate surface area is 360 Å². The van der Waals surface area contributed by atoms with E-state index >= 15 is 0 Å². The molecule has 0 aliphatic heterocycles. The Kier molecular flexibility index (Phi) is 7.02. The monoisotopic (exact) mass is 802 g/mol. The number of fused-ring (bicyclic) bond motifs is 12. The molecule has 9 aromatic carbocycles. The molecule has 0 aliphatic carbocycles. The molecule has 0 radical (unpaired) electrons. The summed E-state index contributed by atoms with van der Waals surface area (Å²) in [6.07, 6.45) is 0. The van der Waals surface area contributed by atoms with Crippen LogP contribution in [-0.4, -0.2) is 28.5 Å². The Bertz CT molecular complexity index is 3960. The van der Waals surface area contributed by atoms with Crippen LogP contribution >= 0.6 is 0 Å². The molecule has 0 N–H and O–H groups in total. The summed E-state index contributed by atoms with van der Waals surface area (Å²) in [6, 6.07) is 73.6. The van der Waals surface area contributed by atoms with Crippen molar-refractivity contribution in [3.63, 3.8) is 0 Å². The molecule has 0 amide bonds. The molecule has 292 valence electrons. The first-order valence-electron chi connectivity index (χ1n) is 21.4. The third-order valence-corrected chi connectivity index (χ3v) is 13.1. The molecule has 0 bridgehead atoms. The molecular formula is C57H34N6. The first kappa shape index (κ1) is 34.1. The highest BCUT2D eigenvalue weighted by atomic mass is 15.3. The Balaban J connectivity index is 1.10. The summed E-state index contributed by atoms with van der Waals surface area (Å²) in [5, 5.41) is 9.39. The number of para-hydroxylation sites is 5. The van der Waals surface area contributed by atoms with Gasteiger partial charge in [0.25, 0.3) is 0 Å². The summed E-state index contributed by atoms with van der Waals surface area (Å²) >= 11 is 0. The second kappa shape index (κ2) is 12.9. The number of aromatic nitrogens is 6. The van der Waals surface area contributed by atoms with E-state index < -0.39 is 0 Å². The molecule has 63 heavy (non-hydrogen) atoms. The molecule has 0 unspecified atom stereocenters. The minimum atomic E-state index is 0.552. The SMILES string of the molecule is c1ccc(-c2ccc3c(c2)c2ccccc2n3-c2nc(-c3cccc4c5cccc6c7ccccc7n(c34)c65)nc(-n3c4ccccc4c4cc(-c5ccccc5)ccc43)n2)cc1. The van der Waals surface area contributed by atoms with Crippen LogP contribution in [0.15, 0.2) is 206 Å². The van der Waals surface area contributed by atoms with E-state index in [1.165, 1.54) is 32.8 Å². The van der Waals surface area contributed by atoms with E-state index in [1.807, 2.05) is 0 Å². The van der Waals surface area contributed by atoms with Gasteiger partial charge in [-0.25, -0.2) is 0 Å². The fraction of sp³-hybridized carbons (Fsp3) is 0. The fourth-order valence-electron chi connectivity index (χ4n) is 10.3. The van der Waals surface area contributed by atoms with Crippen LogP contribution in [0.5, 0.6) is 0 Å². The largest absolute Gasteiger partial charge is 0.307 e. The normalized spacial score (nSPS) is 12.1. The standard InChI is InChI=1S/C57H34N6/c1-3-15-35(16-4-1)37-29-31-51-46(33-37)40-20-8-10-26-48(40)61(51)56-58-55(45-25-14-24-44-43-23-13-22-42-39-19-7-12-28-50(39)63(53(42)43)54(44)45)59-57(60-56)62-49-27-11-9-21-41(49)47-34-38(30-32-52(47)62)36-17-5-2-6-18-36/h1-34H. The molecule has 0 fully saturated rings. The Morgan fingerprint density at radius 3 is 1.24 bits per heavy atom. The van der Waals surface area contributed by atoms with Gasteiger partial charge in [0.1, 0.15) is 0 Å². The number of rotatable bonds is 5. The number of hydrogen-bond acceptors (Lipinski definition) is 3.